The molecule has 0 bridgehead atoms. The topological polar surface area (TPSA) is 44.8 Å². The molecule has 0 aromatic rings. The van der Waals surface area contributed by atoms with Crippen LogP contribution in [0.1, 0.15) is 46.5 Å². The predicted octanol–water partition coefficient (Wildman–Crippen LogP) is 2.32. The molecule has 2 aliphatic rings. The molecule has 0 aromatic heterocycles. The largest absolute Gasteiger partial charge is 0.444 e. The number of rotatable bonds is 4. The Bertz CT molecular complexity index is 367. The van der Waals surface area contributed by atoms with E-state index in [1.807, 2.05) is 25.7 Å². The number of nitrogens with zero attached hydrogens (tertiary/aromatic N) is 2. The summed E-state index contributed by atoms with van der Waals surface area (Å²) < 4.78 is 5.49. The molecule has 0 spiro atoms. The second-order valence-corrected chi connectivity index (χ2v) is 7.93. The van der Waals surface area contributed by atoms with Gasteiger partial charge in [0.2, 0.25) is 0 Å². The molecule has 2 rings (SSSR count). The molecule has 22 heavy (non-hydrogen) atoms. The maximum Gasteiger partial charge on any atom is 0.410 e. The summed E-state index contributed by atoms with van der Waals surface area (Å²) in [5.74, 6) is 0.605. The van der Waals surface area contributed by atoms with Crippen molar-refractivity contribution < 1.29 is 9.53 Å². The first-order valence-electron chi connectivity index (χ1n) is 8.73. The monoisotopic (exact) mass is 311 g/mol. The van der Waals surface area contributed by atoms with Crippen molar-refractivity contribution in [2.75, 3.05) is 39.8 Å². The number of nitrogens with one attached hydrogen (secondary N) is 1. The first-order chi connectivity index (χ1) is 10.3. The lowest BCUT2D eigenvalue weighted by Gasteiger charge is -2.34. The van der Waals surface area contributed by atoms with Crippen molar-refractivity contribution in [1.82, 2.24) is 15.1 Å². The molecular weight excluding hydrogens is 278 g/mol. The van der Waals surface area contributed by atoms with E-state index in [9.17, 15) is 4.79 Å². The van der Waals surface area contributed by atoms with Gasteiger partial charge in [-0.2, -0.15) is 0 Å². The lowest BCUT2D eigenvalue weighted by Crippen LogP contribution is -2.43. The number of ether oxygens (including phenoxy) is 1. The summed E-state index contributed by atoms with van der Waals surface area (Å²) in [7, 11) is 2.18. The highest BCUT2D eigenvalue weighted by molar-refractivity contribution is 5.68. The number of hydrogen-bond donors (Lipinski definition) is 1. The molecule has 0 radical (unpaired) electrons. The normalized spacial score (nSPS) is 27.2. The molecule has 5 heteroatoms. The minimum Gasteiger partial charge on any atom is -0.444 e. The highest BCUT2D eigenvalue weighted by Crippen LogP contribution is 2.21. The molecule has 2 fully saturated rings. The Kier molecular flexibility index (Phi) is 6.09. The van der Waals surface area contributed by atoms with Crippen molar-refractivity contribution in [3.05, 3.63) is 0 Å². The fourth-order valence-corrected chi connectivity index (χ4v) is 3.39. The summed E-state index contributed by atoms with van der Waals surface area (Å²) in [6, 6.07) is 0.649. The highest BCUT2D eigenvalue weighted by Gasteiger charge is 2.27. The third-order valence-corrected chi connectivity index (χ3v) is 4.55. The maximum atomic E-state index is 12.2. The van der Waals surface area contributed by atoms with E-state index in [0.29, 0.717) is 12.0 Å². The predicted molar refractivity (Wildman–Crippen MR) is 89.1 cm³/mol. The Morgan fingerprint density at radius 2 is 2.00 bits per heavy atom. The van der Waals surface area contributed by atoms with E-state index in [1.54, 1.807) is 0 Å². The average Bonchev–Trinajstić information content (AvgIpc) is 2.83. The van der Waals surface area contributed by atoms with Crippen molar-refractivity contribution in [2.24, 2.45) is 5.92 Å². The standard InChI is InChI=1S/C17H33N3O2/c1-17(2,3)22-16(21)20-10-5-6-14(12-20)7-9-18-15-8-11-19(4)13-15/h14-15,18H,5-13H2,1-4H3. The van der Waals surface area contributed by atoms with Crippen LogP contribution in [0.15, 0.2) is 0 Å². The molecule has 0 saturated carbocycles. The molecule has 2 heterocycles. The van der Waals surface area contributed by atoms with Crippen LogP contribution in [0.3, 0.4) is 0 Å². The third-order valence-electron chi connectivity index (χ3n) is 4.55. The van der Waals surface area contributed by atoms with Crippen LogP contribution in [0, 0.1) is 5.92 Å². The molecule has 1 amide bonds. The van der Waals surface area contributed by atoms with Gasteiger partial charge >= 0.3 is 6.09 Å². The Hall–Kier alpha value is -0.810. The van der Waals surface area contributed by atoms with Crippen molar-refractivity contribution in [1.29, 1.82) is 0 Å². The van der Waals surface area contributed by atoms with Gasteiger partial charge in [-0.15, -0.1) is 0 Å². The molecule has 2 saturated heterocycles. The minimum atomic E-state index is -0.403. The van der Waals surface area contributed by atoms with E-state index in [4.69, 9.17) is 4.74 Å². The molecule has 5 nitrogen and oxygen atoms in total. The van der Waals surface area contributed by atoms with E-state index in [1.165, 1.54) is 19.4 Å². The number of likely N-dealkylation sites (tertiary alicyclic amines) is 2. The zero-order valence-electron chi connectivity index (χ0n) is 14.7. The summed E-state index contributed by atoms with van der Waals surface area (Å²) >= 11 is 0. The van der Waals surface area contributed by atoms with Gasteiger partial charge < -0.3 is 19.9 Å². The van der Waals surface area contributed by atoms with Crippen LogP contribution < -0.4 is 5.32 Å². The van der Waals surface area contributed by atoms with Gasteiger partial charge in [0.1, 0.15) is 5.60 Å². The fourth-order valence-electron chi connectivity index (χ4n) is 3.39. The molecule has 0 aliphatic carbocycles. The van der Waals surface area contributed by atoms with E-state index in [2.05, 4.69) is 17.3 Å². The zero-order valence-corrected chi connectivity index (χ0v) is 14.7. The number of likely N-dealkylation sites (N-methyl/N-ethyl adjacent to an activating group) is 1. The van der Waals surface area contributed by atoms with Gasteiger partial charge in [0, 0.05) is 25.7 Å². The number of hydrogen-bond acceptors (Lipinski definition) is 4. The third kappa shape index (κ3) is 5.76. The Balaban J connectivity index is 1.68. The quantitative estimate of drug-likeness (QED) is 0.865. The van der Waals surface area contributed by atoms with E-state index < -0.39 is 5.60 Å². The smallest absolute Gasteiger partial charge is 0.410 e. The molecule has 2 atom stereocenters. The van der Waals surface area contributed by atoms with Crippen LogP contribution in [0.2, 0.25) is 0 Å². The van der Waals surface area contributed by atoms with Crippen LogP contribution >= 0.6 is 0 Å². The van der Waals surface area contributed by atoms with Crippen LogP contribution in [-0.4, -0.2) is 67.3 Å². The summed E-state index contributed by atoms with van der Waals surface area (Å²) in [6.07, 6.45) is 4.58. The van der Waals surface area contributed by atoms with E-state index in [0.717, 1.165) is 39.0 Å². The first-order valence-corrected chi connectivity index (χ1v) is 8.73. The summed E-state index contributed by atoms with van der Waals surface area (Å²) in [6.45, 7) is 10.9. The molecule has 2 unspecified atom stereocenters. The summed E-state index contributed by atoms with van der Waals surface area (Å²) in [4.78, 5) is 16.4. The fraction of sp³-hybridized carbons (Fsp3) is 0.941. The van der Waals surface area contributed by atoms with Crippen LogP contribution in [0.25, 0.3) is 0 Å². The van der Waals surface area contributed by atoms with Crippen LogP contribution in [0.5, 0.6) is 0 Å². The molecule has 1 N–H and O–H groups in total. The Morgan fingerprint density at radius 3 is 2.64 bits per heavy atom. The van der Waals surface area contributed by atoms with Crippen LogP contribution in [0.4, 0.5) is 4.79 Å². The lowest BCUT2D eigenvalue weighted by atomic mass is 9.95. The highest BCUT2D eigenvalue weighted by atomic mass is 16.6. The van der Waals surface area contributed by atoms with Gasteiger partial charge in [0.05, 0.1) is 0 Å². The minimum absolute atomic E-state index is 0.150. The number of amides is 1. The lowest BCUT2D eigenvalue weighted by molar-refractivity contribution is 0.0161. The second kappa shape index (κ2) is 7.64. The first kappa shape index (κ1) is 17.5. The molecular formula is C17H33N3O2. The summed E-state index contributed by atoms with van der Waals surface area (Å²) in [5.41, 5.74) is -0.403. The average molecular weight is 311 g/mol. The van der Waals surface area contributed by atoms with Crippen molar-refractivity contribution >= 4 is 6.09 Å². The summed E-state index contributed by atoms with van der Waals surface area (Å²) in [5, 5.41) is 3.67. The second-order valence-electron chi connectivity index (χ2n) is 7.93. The Labute approximate surface area is 135 Å². The zero-order chi connectivity index (χ0) is 16.2. The van der Waals surface area contributed by atoms with Gasteiger partial charge in [-0.25, -0.2) is 4.79 Å². The molecule has 128 valence electrons. The number of carbonyl (C=O) groups excluding carboxylic acids is 1. The van der Waals surface area contributed by atoms with Crippen molar-refractivity contribution in [3.8, 4) is 0 Å². The maximum absolute atomic E-state index is 12.2. The Morgan fingerprint density at radius 1 is 1.23 bits per heavy atom. The number of carbonyl (C=O) groups is 1. The molecule has 2 aliphatic heterocycles. The van der Waals surface area contributed by atoms with Gasteiger partial charge in [-0.1, -0.05) is 0 Å². The molecule has 0 aromatic carbocycles. The van der Waals surface area contributed by atoms with Crippen LogP contribution in [-0.2, 0) is 4.74 Å². The van der Waals surface area contributed by atoms with Gasteiger partial charge in [-0.05, 0) is 72.5 Å². The van der Waals surface area contributed by atoms with Crippen molar-refractivity contribution in [2.45, 2.75) is 58.1 Å². The SMILES string of the molecule is CN1CCC(NCCC2CCCN(C(=O)OC(C)(C)C)C2)C1. The van der Waals surface area contributed by atoms with E-state index >= 15 is 0 Å². The van der Waals surface area contributed by atoms with E-state index in [-0.39, 0.29) is 6.09 Å². The van der Waals surface area contributed by atoms with Gasteiger partial charge in [-0.3, -0.25) is 0 Å². The van der Waals surface area contributed by atoms with Gasteiger partial charge in [0.25, 0.3) is 0 Å². The van der Waals surface area contributed by atoms with Crippen molar-refractivity contribution in [3.63, 3.8) is 0 Å². The van der Waals surface area contributed by atoms with Gasteiger partial charge in [0.15, 0.2) is 0 Å². The number of piperidine rings is 1.